The van der Waals surface area contributed by atoms with Gasteiger partial charge in [0.25, 0.3) is 10.9 Å². The van der Waals surface area contributed by atoms with Crippen LogP contribution >= 0.6 is 0 Å². The SMILES string of the molecule is COc1ccc(C(N[C@H](C)c2ccc(F)c(F)c2)c2cccc(Nc3c(O)c(=O)c3=O)c2)cc1. The van der Waals surface area contributed by atoms with Crippen LogP contribution in [-0.4, -0.2) is 12.2 Å². The molecule has 4 rings (SSSR count). The van der Waals surface area contributed by atoms with E-state index in [1.165, 1.54) is 6.07 Å². The predicted molar refractivity (Wildman–Crippen MR) is 125 cm³/mol. The molecule has 0 fully saturated rings. The first-order chi connectivity index (χ1) is 16.3. The van der Waals surface area contributed by atoms with Crippen molar-refractivity contribution in [1.82, 2.24) is 5.32 Å². The third-order valence-electron chi connectivity index (χ3n) is 5.68. The van der Waals surface area contributed by atoms with Crippen LogP contribution in [0.5, 0.6) is 11.5 Å². The monoisotopic (exact) mass is 464 g/mol. The maximum atomic E-state index is 13.8. The quantitative estimate of drug-likeness (QED) is 0.334. The minimum Gasteiger partial charge on any atom is -0.502 e. The van der Waals surface area contributed by atoms with Gasteiger partial charge in [0, 0.05) is 11.7 Å². The van der Waals surface area contributed by atoms with Crippen LogP contribution in [0.15, 0.2) is 76.3 Å². The Kier molecular flexibility index (Phi) is 6.43. The van der Waals surface area contributed by atoms with Gasteiger partial charge in [0.05, 0.1) is 13.2 Å². The lowest BCUT2D eigenvalue weighted by molar-refractivity contribution is 0.414. The maximum absolute atomic E-state index is 13.8. The summed E-state index contributed by atoms with van der Waals surface area (Å²) in [6.45, 7) is 1.84. The van der Waals surface area contributed by atoms with Gasteiger partial charge in [0.1, 0.15) is 11.4 Å². The van der Waals surface area contributed by atoms with Crippen molar-refractivity contribution in [3.05, 3.63) is 116 Å². The largest absolute Gasteiger partial charge is 0.502 e. The molecule has 0 aliphatic heterocycles. The third kappa shape index (κ3) is 4.53. The normalized spacial score (nSPS) is 12.9. The zero-order valence-corrected chi connectivity index (χ0v) is 18.4. The Hall–Kier alpha value is -4.04. The van der Waals surface area contributed by atoms with Crippen LogP contribution in [0.25, 0.3) is 0 Å². The van der Waals surface area contributed by atoms with Gasteiger partial charge in [-0.2, -0.15) is 0 Å². The minimum atomic E-state index is -0.925. The number of methoxy groups -OCH3 is 1. The highest BCUT2D eigenvalue weighted by Crippen LogP contribution is 2.30. The molecule has 8 heteroatoms. The number of hydrogen-bond donors (Lipinski definition) is 3. The van der Waals surface area contributed by atoms with Crippen LogP contribution in [0.3, 0.4) is 0 Å². The van der Waals surface area contributed by atoms with E-state index in [0.29, 0.717) is 17.0 Å². The Morgan fingerprint density at radius 2 is 1.56 bits per heavy atom. The van der Waals surface area contributed by atoms with Crippen LogP contribution in [0, 0.1) is 11.6 Å². The van der Waals surface area contributed by atoms with E-state index in [0.717, 1.165) is 23.3 Å². The number of nitrogens with one attached hydrogen (secondary N) is 2. The van der Waals surface area contributed by atoms with E-state index in [1.54, 1.807) is 25.3 Å². The van der Waals surface area contributed by atoms with Crippen molar-refractivity contribution in [3.8, 4) is 11.5 Å². The molecule has 6 nitrogen and oxygen atoms in total. The lowest BCUT2D eigenvalue weighted by atomic mass is 9.96. The first kappa shape index (κ1) is 23.1. The van der Waals surface area contributed by atoms with E-state index in [1.807, 2.05) is 37.3 Å². The van der Waals surface area contributed by atoms with Crippen molar-refractivity contribution >= 4 is 11.4 Å². The third-order valence-corrected chi connectivity index (χ3v) is 5.68. The van der Waals surface area contributed by atoms with Crippen molar-refractivity contribution in [3.63, 3.8) is 0 Å². The second-order valence-electron chi connectivity index (χ2n) is 7.90. The molecule has 34 heavy (non-hydrogen) atoms. The van der Waals surface area contributed by atoms with E-state index in [-0.39, 0.29) is 17.8 Å². The number of rotatable bonds is 8. The van der Waals surface area contributed by atoms with E-state index < -0.39 is 28.2 Å². The summed E-state index contributed by atoms with van der Waals surface area (Å²) in [6.07, 6.45) is 0. The molecule has 0 amide bonds. The van der Waals surface area contributed by atoms with E-state index >= 15 is 0 Å². The van der Waals surface area contributed by atoms with Gasteiger partial charge in [0.15, 0.2) is 17.4 Å². The highest BCUT2D eigenvalue weighted by atomic mass is 19.2. The average Bonchev–Trinajstić information content (AvgIpc) is 2.87. The van der Waals surface area contributed by atoms with Gasteiger partial charge in [-0.1, -0.05) is 30.3 Å². The van der Waals surface area contributed by atoms with Crippen LogP contribution in [0.1, 0.15) is 35.7 Å². The van der Waals surface area contributed by atoms with Crippen LogP contribution in [-0.2, 0) is 0 Å². The molecule has 0 heterocycles. The molecule has 0 saturated heterocycles. The van der Waals surface area contributed by atoms with Gasteiger partial charge in [-0.05, 0) is 60.0 Å². The summed E-state index contributed by atoms with van der Waals surface area (Å²) in [5.74, 6) is -1.75. The first-order valence-corrected chi connectivity index (χ1v) is 10.5. The van der Waals surface area contributed by atoms with E-state index in [9.17, 15) is 23.5 Å². The standard InChI is InChI=1S/C26H22F2N2O4/c1-14(16-8-11-20(27)21(28)13-16)29-22(15-6-9-19(34-2)10-7-15)17-4-3-5-18(12-17)30-23-24(31)26(33)25(23)32/h3-14,22,29-31H,1-2H3/t14-,22?/m1/s1. The summed E-state index contributed by atoms with van der Waals surface area (Å²) in [4.78, 5) is 23.0. The molecule has 174 valence electrons. The average molecular weight is 464 g/mol. The molecule has 2 atom stereocenters. The molecular formula is C26H22F2N2O4. The topological polar surface area (TPSA) is 87.7 Å². The van der Waals surface area contributed by atoms with Crippen LogP contribution in [0.2, 0.25) is 0 Å². The molecule has 0 aliphatic rings. The fourth-order valence-corrected chi connectivity index (χ4v) is 3.75. The second kappa shape index (κ2) is 9.44. The summed E-state index contributed by atoms with van der Waals surface area (Å²) < 4.78 is 32.5. The molecule has 0 radical (unpaired) electrons. The molecular weight excluding hydrogens is 442 g/mol. The fraction of sp³-hybridized carbons (Fsp3) is 0.154. The molecule has 3 N–H and O–H groups in total. The molecule has 4 aromatic rings. The van der Waals surface area contributed by atoms with E-state index in [4.69, 9.17) is 4.74 Å². The fourth-order valence-electron chi connectivity index (χ4n) is 3.75. The van der Waals surface area contributed by atoms with Gasteiger partial charge in [0.2, 0.25) is 0 Å². The van der Waals surface area contributed by atoms with Gasteiger partial charge >= 0.3 is 0 Å². The van der Waals surface area contributed by atoms with Crippen LogP contribution < -0.4 is 26.2 Å². The number of benzene rings is 3. The summed E-state index contributed by atoms with van der Waals surface area (Å²) in [6, 6.07) is 17.5. The van der Waals surface area contributed by atoms with Crippen LogP contribution in [0.4, 0.5) is 20.2 Å². The maximum Gasteiger partial charge on any atom is 0.271 e. The number of anilines is 2. The van der Waals surface area contributed by atoms with Gasteiger partial charge < -0.3 is 15.2 Å². The summed E-state index contributed by atoms with van der Waals surface area (Å²) in [7, 11) is 1.57. The summed E-state index contributed by atoms with van der Waals surface area (Å²) in [5.41, 5.74) is 0.899. The van der Waals surface area contributed by atoms with Crippen molar-refractivity contribution < 1.29 is 18.6 Å². The Labute approximate surface area is 194 Å². The first-order valence-electron chi connectivity index (χ1n) is 10.5. The predicted octanol–water partition coefficient (Wildman–Crippen LogP) is 4.46. The summed E-state index contributed by atoms with van der Waals surface area (Å²) >= 11 is 0. The smallest absolute Gasteiger partial charge is 0.271 e. The Morgan fingerprint density at radius 1 is 0.853 bits per heavy atom. The van der Waals surface area contributed by atoms with Crippen molar-refractivity contribution in [1.29, 1.82) is 0 Å². The minimum absolute atomic E-state index is 0.147. The van der Waals surface area contributed by atoms with Gasteiger partial charge in [-0.15, -0.1) is 0 Å². The van der Waals surface area contributed by atoms with Crippen molar-refractivity contribution in [2.24, 2.45) is 0 Å². The number of halogens is 2. The Bertz CT molecular complexity index is 1400. The van der Waals surface area contributed by atoms with Crippen molar-refractivity contribution in [2.75, 3.05) is 12.4 Å². The molecule has 4 aromatic carbocycles. The molecule has 0 bridgehead atoms. The van der Waals surface area contributed by atoms with Gasteiger partial charge in [-0.3, -0.25) is 14.9 Å². The zero-order valence-electron chi connectivity index (χ0n) is 18.4. The lowest BCUT2D eigenvalue weighted by Crippen LogP contribution is -2.32. The molecule has 0 spiro atoms. The molecule has 0 aliphatic carbocycles. The van der Waals surface area contributed by atoms with E-state index in [2.05, 4.69) is 10.6 Å². The highest BCUT2D eigenvalue weighted by molar-refractivity contribution is 5.69. The Balaban J connectivity index is 1.68. The van der Waals surface area contributed by atoms with Crippen molar-refractivity contribution in [2.45, 2.75) is 19.0 Å². The lowest BCUT2D eigenvalue weighted by Gasteiger charge is -2.25. The summed E-state index contributed by atoms with van der Waals surface area (Å²) in [5, 5.41) is 15.9. The number of hydrogen-bond acceptors (Lipinski definition) is 6. The molecule has 1 unspecified atom stereocenters. The number of ether oxygens (including phenoxy) is 1. The number of aromatic hydroxyl groups is 1. The van der Waals surface area contributed by atoms with Gasteiger partial charge in [-0.25, -0.2) is 8.78 Å². The second-order valence-corrected chi connectivity index (χ2v) is 7.90. The molecule has 0 aromatic heterocycles. The highest BCUT2D eigenvalue weighted by Gasteiger charge is 2.22. The molecule has 0 saturated carbocycles. The zero-order chi connectivity index (χ0) is 24.4. The Morgan fingerprint density at radius 3 is 2.21 bits per heavy atom.